The topological polar surface area (TPSA) is 97.0 Å². The molecule has 23 heavy (non-hydrogen) atoms. The third-order valence-electron chi connectivity index (χ3n) is 3.86. The van der Waals surface area contributed by atoms with Gasteiger partial charge in [0.2, 0.25) is 16.9 Å². The molecule has 9 heteroatoms. The first-order valence-corrected chi connectivity index (χ1v) is 8.35. The van der Waals surface area contributed by atoms with E-state index in [2.05, 4.69) is 43.6 Å². The van der Waals surface area contributed by atoms with Gasteiger partial charge in [-0.25, -0.2) is 4.98 Å². The Balaban J connectivity index is 1.87. The van der Waals surface area contributed by atoms with Crippen molar-refractivity contribution in [2.45, 2.75) is 45.6 Å². The van der Waals surface area contributed by atoms with Crippen LogP contribution in [0.2, 0.25) is 0 Å². The van der Waals surface area contributed by atoms with Gasteiger partial charge >= 0.3 is 0 Å². The SMILES string of the molecule is CC(=O)N[C@]1(c2noc(C)n2)CCN(c2nc(C(C)C)ns2)C1. The zero-order chi connectivity index (χ0) is 16.6. The van der Waals surface area contributed by atoms with Crippen molar-refractivity contribution < 1.29 is 9.32 Å². The molecular weight excluding hydrogens is 316 g/mol. The summed E-state index contributed by atoms with van der Waals surface area (Å²) in [5.74, 6) is 2.02. The molecule has 1 fully saturated rings. The van der Waals surface area contributed by atoms with Crippen molar-refractivity contribution in [2.24, 2.45) is 0 Å². The van der Waals surface area contributed by atoms with Gasteiger partial charge in [-0.3, -0.25) is 4.79 Å². The average Bonchev–Trinajstić information content (AvgIpc) is 3.16. The van der Waals surface area contributed by atoms with E-state index < -0.39 is 5.54 Å². The number of carbonyl (C=O) groups is 1. The van der Waals surface area contributed by atoms with Crippen LogP contribution in [0.4, 0.5) is 5.13 Å². The van der Waals surface area contributed by atoms with Crippen molar-refractivity contribution in [3.05, 3.63) is 17.5 Å². The lowest BCUT2D eigenvalue weighted by Crippen LogP contribution is -2.48. The number of nitrogens with zero attached hydrogens (tertiary/aromatic N) is 5. The Labute approximate surface area is 138 Å². The number of amides is 1. The second-order valence-electron chi connectivity index (χ2n) is 6.16. The predicted octanol–water partition coefficient (Wildman–Crippen LogP) is 1.59. The summed E-state index contributed by atoms with van der Waals surface area (Å²) in [5, 5.41) is 7.89. The van der Waals surface area contributed by atoms with E-state index in [0.29, 0.717) is 30.6 Å². The van der Waals surface area contributed by atoms with E-state index in [9.17, 15) is 4.79 Å². The maximum atomic E-state index is 11.7. The van der Waals surface area contributed by atoms with E-state index in [1.54, 1.807) is 6.92 Å². The molecule has 0 saturated carbocycles. The van der Waals surface area contributed by atoms with Crippen molar-refractivity contribution in [1.29, 1.82) is 0 Å². The molecule has 2 aromatic rings. The van der Waals surface area contributed by atoms with Crippen LogP contribution in [-0.2, 0) is 10.3 Å². The molecule has 1 saturated heterocycles. The minimum absolute atomic E-state index is 0.116. The minimum atomic E-state index is -0.646. The maximum Gasteiger partial charge on any atom is 0.223 e. The molecule has 2 aromatic heterocycles. The lowest BCUT2D eigenvalue weighted by molar-refractivity contribution is -0.120. The number of nitrogens with one attached hydrogen (secondary N) is 1. The molecule has 1 aliphatic rings. The lowest BCUT2D eigenvalue weighted by Gasteiger charge is -2.26. The Morgan fingerprint density at radius 3 is 2.78 bits per heavy atom. The Kier molecular flexibility index (Phi) is 4.05. The van der Waals surface area contributed by atoms with Gasteiger partial charge < -0.3 is 14.7 Å². The molecule has 1 amide bonds. The summed E-state index contributed by atoms with van der Waals surface area (Å²) < 4.78 is 9.50. The fourth-order valence-corrected chi connectivity index (χ4v) is 3.57. The Bertz CT molecular complexity index is 712. The van der Waals surface area contributed by atoms with Gasteiger partial charge in [-0.15, -0.1) is 0 Å². The Hall–Kier alpha value is -2.03. The first-order chi connectivity index (χ1) is 10.9. The van der Waals surface area contributed by atoms with Gasteiger partial charge in [-0.1, -0.05) is 19.0 Å². The third kappa shape index (κ3) is 3.05. The van der Waals surface area contributed by atoms with Crippen LogP contribution in [0, 0.1) is 6.92 Å². The Morgan fingerprint density at radius 2 is 2.22 bits per heavy atom. The van der Waals surface area contributed by atoms with Crippen LogP contribution >= 0.6 is 11.5 Å². The van der Waals surface area contributed by atoms with Gasteiger partial charge in [0.15, 0.2) is 5.82 Å². The molecule has 0 radical (unpaired) electrons. The van der Waals surface area contributed by atoms with E-state index in [-0.39, 0.29) is 5.91 Å². The highest BCUT2D eigenvalue weighted by atomic mass is 32.1. The zero-order valence-electron chi connectivity index (χ0n) is 13.7. The van der Waals surface area contributed by atoms with E-state index in [1.165, 1.54) is 18.5 Å². The summed E-state index contributed by atoms with van der Waals surface area (Å²) in [4.78, 5) is 22.7. The van der Waals surface area contributed by atoms with Gasteiger partial charge in [0.05, 0.1) is 6.54 Å². The predicted molar refractivity (Wildman–Crippen MR) is 85.4 cm³/mol. The molecule has 124 valence electrons. The van der Waals surface area contributed by atoms with Gasteiger partial charge in [-0.2, -0.15) is 9.36 Å². The number of aromatic nitrogens is 4. The van der Waals surface area contributed by atoms with Crippen molar-refractivity contribution in [3.8, 4) is 0 Å². The van der Waals surface area contributed by atoms with Crippen molar-refractivity contribution in [3.63, 3.8) is 0 Å². The summed E-state index contributed by atoms with van der Waals surface area (Å²) >= 11 is 1.38. The first-order valence-electron chi connectivity index (χ1n) is 7.58. The molecule has 8 nitrogen and oxygen atoms in total. The van der Waals surface area contributed by atoms with Crippen molar-refractivity contribution in [1.82, 2.24) is 24.8 Å². The number of carbonyl (C=O) groups excluding carboxylic acids is 1. The highest BCUT2D eigenvalue weighted by Crippen LogP contribution is 2.34. The molecule has 0 unspecified atom stereocenters. The quantitative estimate of drug-likeness (QED) is 0.905. The molecule has 0 bridgehead atoms. The van der Waals surface area contributed by atoms with Crippen LogP contribution < -0.4 is 10.2 Å². The van der Waals surface area contributed by atoms with Gasteiger partial charge in [0.25, 0.3) is 0 Å². The third-order valence-corrected chi connectivity index (χ3v) is 4.65. The summed E-state index contributed by atoms with van der Waals surface area (Å²) in [6, 6.07) is 0. The van der Waals surface area contributed by atoms with Crippen LogP contribution in [0.3, 0.4) is 0 Å². The van der Waals surface area contributed by atoms with Crippen molar-refractivity contribution in [2.75, 3.05) is 18.0 Å². The average molecular weight is 336 g/mol. The molecule has 1 atom stereocenters. The normalized spacial score (nSPS) is 21.2. The highest BCUT2D eigenvalue weighted by Gasteiger charge is 2.45. The van der Waals surface area contributed by atoms with E-state index >= 15 is 0 Å². The number of aryl methyl sites for hydroxylation is 1. The molecular formula is C14H20N6O2S. The molecule has 1 aliphatic heterocycles. The van der Waals surface area contributed by atoms with E-state index in [4.69, 9.17) is 4.52 Å². The van der Waals surface area contributed by atoms with E-state index in [0.717, 1.165) is 17.5 Å². The highest BCUT2D eigenvalue weighted by molar-refractivity contribution is 7.09. The smallest absolute Gasteiger partial charge is 0.223 e. The molecule has 0 spiro atoms. The lowest BCUT2D eigenvalue weighted by atomic mass is 9.97. The van der Waals surface area contributed by atoms with E-state index in [1.807, 2.05) is 0 Å². The largest absolute Gasteiger partial charge is 0.344 e. The first kappa shape index (κ1) is 15.9. The summed E-state index contributed by atoms with van der Waals surface area (Å²) in [6.07, 6.45) is 0.697. The zero-order valence-corrected chi connectivity index (χ0v) is 14.5. The molecule has 1 N–H and O–H groups in total. The summed E-state index contributed by atoms with van der Waals surface area (Å²) in [6.45, 7) is 8.68. The number of anilines is 1. The second kappa shape index (κ2) is 5.88. The number of hydrogen-bond acceptors (Lipinski definition) is 8. The van der Waals surface area contributed by atoms with Crippen molar-refractivity contribution >= 4 is 22.6 Å². The molecule has 3 rings (SSSR count). The van der Waals surface area contributed by atoms with Crippen LogP contribution in [-0.4, -0.2) is 38.5 Å². The maximum absolute atomic E-state index is 11.7. The minimum Gasteiger partial charge on any atom is -0.344 e. The van der Waals surface area contributed by atoms with Crippen LogP contribution in [0.25, 0.3) is 0 Å². The Morgan fingerprint density at radius 1 is 1.43 bits per heavy atom. The number of rotatable bonds is 4. The monoisotopic (exact) mass is 336 g/mol. The summed E-state index contributed by atoms with van der Waals surface area (Å²) in [5.41, 5.74) is -0.646. The van der Waals surface area contributed by atoms with Crippen LogP contribution in [0.15, 0.2) is 4.52 Å². The van der Waals surface area contributed by atoms with Crippen LogP contribution in [0.1, 0.15) is 50.6 Å². The fraction of sp³-hybridized carbons (Fsp3) is 0.643. The second-order valence-corrected chi connectivity index (χ2v) is 6.89. The standard InChI is InChI=1S/C14H20N6O2S/c1-8(2)11-16-13(23-19-11)20-6-5-14(7-20,17-9(3)21)12-15-10(4)22-18-12/h8H,5-7H2,1-4H3,(H,17,21)/t14-/m1/s1. The molecule has 0 aromatic carbocycles. The van der Waals surface area contributed by atoms with Crippen LogP contribution in [0.5, 0.6) is 0 Å². The van der Waals surface area contributed by atoms with Gasteiger partial charge in [0, 0.05) is 37.8 Å². The fourth-order valence-electron chi connectivity index (χ4n) is 2.73. The van der Waals surface area contributed by atoms with Gasteiger partial charge in [-0.05, 0) is 6.42 Å². The molecule has 3 heterocycles. The molecule has 0 aliphatic carbocycles. The summed E-state index contributed by atoms with van der Waals surface area (Å²) in [7, 11) is 0. The van der Waals surface area contributed by atoms with Gasteiger partial charge in [0.1, 0.15) is 11.4 Å². The number of hydrogen-bond donors (Lipinski definition) is 1.